The van der Waals surface area contributed by atoms with E-state index in [-0.39, 0.29) is 6.10 Å². The molecule has 2 N–H and O–H groups in total. The van der Waals surface area contributed by atoms with Crippen LogP contribution in [0.3, 0.4) is 0 Å². The van der Waals surface area contributed by atoms with Gasteiger partial charge in [-0.15, -0.1) is 0 Å². The van der Waals surface area contributed by atoms with Crippen molar-refractivity contribution in [1.82, 2.24) is 9.88 Å². The van der Waals surface area contributed by atoms with Gasteiger partial charge in [0.2, 0.25) is 0 Å². The van der Waals surface area contributed by atoms with Crippen molar-refractivity contribution < 1.29 is 4.74 Å². The van der Waals surface area contributed by atoms with Crippen LogP contribution in [0.15, 0.2) is 60.8 Å². The summed E-state index contributed by atoms with van der Waals surface area (Å²) in [7, 11) is 1.83. The predicted molar refractivity (Wildman–Crippen MR) is 130 cm³/mol. The van der Waals surface area contributed by atoms with Crippen LogP contribution in [0.1, 0.15) is 30.9 Å². The smallest absolute Gasteiger partial charge is 0.175 e. The lowest BCUT2D eigenvalue weighted by atomic mass is 9.79. The molecule has 3 aliphatic rings. The number of benzene rings is 2. The first kappa shape index (κ1) is 20.4. The lowest BCUT2D eigenvalue weighted by Gasteiger charge is -2.48. The molecule has 31 heavy (non-hydrogen) atoms. The summed E-state index contributed by atoms with van der Waals surface area (Å²) in [6.07, 6.45) is 5.80. The van der Waals surface area contributed by atoms with Crippen LogP contribution in [-0.2, 0) is 4.74 Å². The van der Waals surface area contributed by atoms with E-state index in [1.54, 1.807) is 0 Å². The molecule has 4 heterocycles. The van der Waals surface area contributed by atoms with Crippen LogP contribution in [-0.4, -0.2) is 41.2 Å². The van der Waals surface area contributed by atoms with Gasteiger partial charge in [0.25, 0.3) is 0 Å². The number of fused-ring (bicyclic) bond motifs is 4. The van der Waals surface area contributed by atoms with Gasteiger partial charge in [-0.05, 0) is 92.4 Å². The van der Waals surface area contributed by atoms with E-state index in [1.807, 2.05) is 55.8 Å². The van der Waals surface area contributed by atoms with Crippen LogP contribution in [0, 0.1) is 5.92 Å². The maximum Gasteiger partial charge on any atom is 0.175 e. The molecule has 2 atom stereocenters. The minimum atomic E-state index is 0.0400. The van der Waals surface area contributed by atoms with Gasteiger partial charge >= 0.3 is 0 Å². The molecule has 0 spiro atoms. The van der Waals surface area contributed by atoms with Gasteiger partial charge in [-0.25, -0.2) is 0 Å². The van der Waals surface area contributed by atoms with Crippen LogP contribution in [0.5, 0.6) is 0 Å². The van der Waals surface area contributed by atoms with Gasteiger partial charge in [0, 0.05) is 36.1 Å². The summed E-state index contributed by atoms with van der Waals surface area (Å²) in [6.45, 7) is 2.37. The van der Waals surface area contributed by atoms with E-state index >= 15 is 0 Å². The molecule has 6 rings (SSSR count). The van der Waals surface area contributed by atoms with Gasteiger partial charge in [0.05, 0.1) is 11.6 Å². The van der Waals surface area contributed by atoms with Gasteiger partial charge in [-0.3, -0.25) is 9.88 Å². The topological polar surface area (TPSA) is 49.4 Å². The van der Waals surface area contributed by atoms with Gasteiger partial charge in [0.1, 0.15) is 0 Å². The molecular weight excluding hydrogens is 404 g/mol. The Bertz CT molecular complexity index is 1070. The number of piperidine rings is 3. The Balaban J connectivity index is 1.42. The minimum Gasteiger partial charge on any atom is -0.375 e. The Morgan fingerprint density at radius 3 is 2.55 bits per heavy atom. The predicted octanol–water partition coefficient (Wildman–Crippen LogP) is 5.22. The fourth-order valence-electron chi connectivity index (χ4n) is 5.13. The highest BCUT2D eigenvalue weighted by atomic mass is 32.1. The van der Waals surface area contributed by atoms with Crippen molar-refractivity contribution in [1.29, 1.82) is 0 Å². The van der Waals surface area contributed by atoms with E-state index in [4.69, 9.17) is 17.0 Å². The average Bonchev–Trinajstić information content (AvgIpc) is 2.81. The maximum absolute atomic E-state index is 6.11. The summed E-state index contributed by atoms with van der Waals surface area (Å²) in [5, 5.41) is 8.22. The molecule has 3 aliphatic heterocycles. The molecule has 0 radical (unpaired) electrons. The lowest BCUT2D eigenvalue weighted by molar-refractivity contribution is -0.0451. The van der Waals surface area contributed by atoms with E-state index in [0.717, 1.165) is 28.2 Å². The minimum absolute atomic E-state index is 0.0400. The second-order valence-corrected chi connectivity index (χ2v) is 8.92. The fourth-order valence-corrected chi connectivity index (χ4v) is 5.36. The van der Waals surface area contributed by atoms with Crippen molar-refractivity contribution in [3.05, 3.63) is 66.4 Å². The number of para-hydroxylation sites is 1. The highest BCUT2D eigenvalue weighted by Gasteiger charge is 2.39. The maximum atomic E-state index is 6.11. The summed E-state index contributed by atoms with van der Waals surface area (Å²) < 4.78 is 6.11. The molecule has 0 amide bonds. The largest absolute Gasteiger partial charge is 0.375 e. The third-order valence-electron chi connectivity index (χ3n) is 6.67. The molecule has 6 heteroatoms. The van der Waals surface area contributed by atoms with Crippen molar-refractivity contribution in [3.8, 4) is 0 Å². The number of thiocarbonyl (C=S) groups is 1. The first-order valence-electron chi connectivity index (χ1n) is 11.0. The third-order valence-corrected chi connectivity index (χ3v) is 6.87. The van der Waals surface area contributed by atoms with Crippen molar-refractivity contribution in [2.24, 2.45) is 5.92 Å². The van der Waals surface area contributed by atoms with Crippen LogP contribution in [0.25, 0.3) is 10.9 Å². The highest BCUT2D eigenvalue weighted by Crippen LogP contribution is 2.40. The summed E-state index contributed by atoms with van der Waals surface area (Å²) in [5.41, 5.74) is 4.08. The van der Waals surface area contributed by atoms with E-state index in [2.05, 4.69) is 32.7 Å². The second-order valence-electron chi connectivity index (χ2n) is 8.52. The van der Waals surface area contributed by atoms with Crippen molar-refractivity contribution in [3.63, 3.8) is 0 Å². The summed E-state index contributed by atoms with van der Waals surface area (Å²) >= 11 is 5.52. The highest BCUT2D eigenvalue weighted by molar-refractivity contribution is 7.80. The molecule has 1 aromatic heterocycles. The van der Waals surface area contributed by atoms with Crippen molar-refractivity contribution in [2.75, 3.05) is 30.8 Å². The Morgan fingerprint density at radius 1 is 1.06 bits per heavy atom. The first-order chi connectivity index (χ1) is 15.2. The molecule has 0 aliphatic carbocycles. The van der Waals surface area contributed by atoms with Crippen LogP contribution in [0.4, 0.5) is 11.4 Å². The Kier molecular flexibility index (Phi) is 5.85. The zero-order valence-corrected chi connectivity index (χ0v) is 18.6. The number of nitrogens with zero attached hydrogens (tertiary/aromatic N) is 2. The van der Waals surface area contributed by atoms with Gasteiger partial charge in [-0.2, -0.15) is 0 Å². The monoisotopic (exact) mass is 432 g/mol. The Hall–Kier alpha value is -2.54. The van der Waals surface area contributed by atoms with Crippen LogP contribution >= 0.6 is 12.2 Å². The first-order valence-corrected chi connectivity index (χ1v) is 11.4. The molecular formula is C25H28N4OS. The zero-order chi connectivity index (χ0) is 21.2. The number of hydrogen-bond donors (Lipinski definition) is 2. The lowest BCUT2D eigenvalue weighted by Crippen LogP contribution is -2.51. The van der Waals surface area contributed by atoms with E-state index in [1.165, 1.54) is 37.9 Å². The summed E-state index contributed by atoms with van der Waals surface area (Å²) in [5.74, 6) is 0.833. The van der Waals surface area contributed by atoms with Crippen molar-refractivity contribution >= 4 is 39.6 Å². The normalized spacial score (nSPS) is 23.5. The SMILES string of the molecule is CO[C@H](c1ccnc2ccc(NC(=S)Nc3ccccc3)cc12)[C@H]1CC2CCN1CC2. The molecule has 0 unspecified atom stereocenters. The van der Waals surface area contributed by atoms with E-state index in [9.17, 15) is 0 Å². The Morgan fingerprint density at radius 2 is 1.84 bits per heavy atom. The Labute approximate surface area is 188 Å². The van der Waals surface area contributed by atoms with E-state index in [0.29, 0.717) is 11.2 Å². The number of pyridine rings is 1. The fraction of sp³-hybridized carbons (Fsp3) is 0.360. The molecule has 2 bridgehead atoms. The van der Waals surface area contributed by atoms with Gasteiger partial charge in [-0.1, -0.05) is 18.2 Å². The molecule has 3 aromatic rings. The molecule has 160 valence electrons. The number of aromatic nitrogens is 1. The number of methoxy groups -OCH3 is 1. The molecule has 5 nitrogen and oxygen atoms in total. The zero-order valence-electron chi connectivity index (χ0n) is 17.8. The molecule has 3 saturated heterocycles. The van der Waals surface area contributed by atoms with Crippen molar-refractivity contribution in [2.45, 2.75) is 31.4 Å². The van der Waals surface area contributed by atoms with E-state index < -0.39 is 0 Å². The number of ether oxygens (including phenoxy) is 1. The molecule has 0 saturated carbocycles. The summed E-state index contributed by atoms with van der Waals surface area (Å²) in [4.78, 5) is 7.21. The average molecular weight is 433 g/mol. The number of rotatable bonds is 5. The summed E-state index contributed by atoms with van der Waals surface area (Å²) in [6, 6.07) is 18.7. The van der Waals surface area contributed by atoms with Crippen LogP contribution < -0.4 is 10.6 Å². The standard InChI is InChI=1S/C25H28N4OS/c1-30-24(23-15-17-10-13-29(23)14-11-17)20-9-12-26-22-8-7-19(16-21(20)22)28-25(31)27-18-5-3-2-4-6-18/h2-9,12,16-17,23-24H,10-11,13-15H2,1H3,(H2,27,28,31)/t23-,24-/m1/s1. The second kappa shape index (κ2) is 8.91. The third kappa shape index (κ3) is 4.28. The molecule has 3 fully saturated rings. The van der Waals surface area contributed by atoms with Gasteiger partial charge in [0.15, 0.2) is 5.11 Å². The van der Waals surface area contributed by atoms with Gasteiger partial charge < -0.3 is 15.4 Å². The number of nitrogens with one attached hydrogen (secondary N) is 2. The quantitative estimate of drug-likeness (QED) is 0.540. The molecule has 2 aromatic carbocycles. The van der Waals surface area contributed by atoms with Crippen LogP contribution in [0.2, 0.25) is 0 Å². The number of hydrogen-bond acceptors (Lipinski definition) is 4. The number of anilines is 2.